The number of nitrogens with zero attached hydrogens (tertiary/aromatic N) is 5. The third-order valence-corrected chi connectivity index (χ3v) is 4.80. The molecule has 2 aromatic carbocycles. The average Bonchev–Trinajstić information content (AvgIpc) is 3.42. The van der Waals surface area contributed by atoms with Gasteiger partial charge in [-0.2, -0.15) is 18.2 Å². The number of ether oxygens (including phenoxy) is 1. The highest BCUT2D eigenvalue weighted by Crippen LogP contribution is 2.32. The highest BCUT2D eigenvalue weighted by molar-refractivity contribution is 5.81. The van der Waals surface area contributed by atoms with Crippen LogP contribution in [-0.2, 0) is 13.2 Å². The highest BCUT2D eigenvalue weighted by Gasteiger charge is 2.30. The molecule has 160 valence electrons. The molecule has 5 aromatic rings. The second-order valence-corrected chi connectivity index (χ2v) is 6.99. The van der Waals surface area contributed by atoms with E-state index in [2.05, 4.69) is 20.1 Å². The van der Waals surface area contributed by atoms with Crippen molar-refractivity contribution >= 4 is 10.9 Å². The topological polar surface area (TPSA) is 78.9 Å². The molecule has 0 amide bonds. The van der Waals surface area contributed by atoms with Crippen LogP contribution in [0.15, 0.2) is 71.6 Å². The van der Waals surface area contributed by atoms with E-state index in [4.69, 9.17) is 9.26 Å². The Kier molecular flexibility index (Phi) is 4.62. The lowest BCUT2D eigenvalue weighted by Crippen LogP contribution is -2.04. The van der Waals surface area contributed by atoms with Crippen LogP contribution in [0.1, 0.15) is 5.56 Å². The molecule has 0 radical (unpaired) electrons. The predicted molar refractivity (Wildman–Crippen MR) is 109 cm³/mol. The summed E-state index contributed by atoms with van der Waals surface area (Å²) in [6.45, 7) is 0. The van der Waals surface area contributed by atoms with Gasteiger partial charge < -0.3 is 13.8 Å². The third kappa shape index (κ3) is 3.78. The van der Waals surface area contributed by atoms with Crippen LogP contribution in [0.5, 0.6) is 11.6 Å². The van der Waals surface area contributed by atoms with Crippen LogP contribution in [-0.4, -0.2) is 24.7 Å². The number of hydrogen-bond acceptors (Lipinski definition) is 6. The van der Waals surface area contributed by atoms with Crippen molar-refractivity contribution in [3.63, 3.8) is 0 Å². The Bertz CT molecular complexity index is 1410. The lowest BCUT2D eigenvalue weighted by atomic mass is 10.1. The van der Waals surface area contributed by atoms with Gasteiger partial charge in [-0.05, 0) is 35.7 Å². The van der Waals surface area contributed by atoms with E-state index >= 15 is 0 Å². The number of halogens is 3. The normalized spacial score (nSPS) is 11.8. The van der Waals surface area contributed by atoms with Gasteiger partial charge in [0, 0.05) is 24.9 Å². The Hall–Kier alpha value is -4.21. The summed E-state index contributed by atoms with van der Waals surface area (Å²) >= 11 is 0. The quantitative estimate of drug-likeness (QED) is 0.370. The maximum absolute atomic E-state index is 12.9. The predicted octanol–water partition coefficient (Wildman–Crippen LogP) is 5.50. The molecule has 7 nitrogen and oxygen atoms in total. The Balaban J connectivity index is 1.35. The van der Waals surface area contributed by atoms with Crippen LogP contribution in [0, 0.1) is 0 Å². The molecule has 0 saturated heterocycles. The van der Waals surface area contributed by atoms with E-state index in [-0.39, 0.29) is 28.9 Å². The van der Waals surface area contributed by atoms with Crippen LogP contribution in [0.25, 0.3) is 33.9 Å². The lowest BCUT2D eigenvalue weighted by molar-refractivity contribution is -0.137. The van der Waals surface area contributed by atoms with Gasteiger partial charge in [-0.3, -0.25) is 0 Å². The van der Waals surface area contributed by atoms with E-state index < -0.39 is 11.7 Å². The molecule has 0 spiro atoms. The van der Waals surface area contributed by atoms with E-state index in [1.54, 1.807) is 0 Å². The van der Waals surface area contributed by atoms with Crippen molar-refractivity contribution in [2.75, 3.05) is 0 Å². The van der Waals surface area contributed by atoms with Gasteiger partial charge in [0.1, 0.15) is 11.4 Å². The van der Waals surface area contributed by atoms with Gasteiger partial charge in [-0.25, -0.2) is 9.97 Å². The maximum atomic E-state index is 12.9. The SMILES string of the molecule is Cn1ccc2ccc(Oc3cnc(-c4nc(-c5cccc(C(F)(F)F)c5)no4)cn3)cc21. The first-order chi connectivity index (χ1) is 15.4. The first-order valence-corrected chi connectivity index (χ1v) is 9.43. The van der Waals surface area contributed by atoms with Crippen LogP contribution in [0.2, 0.25) is 0 Å². The molecule has 0 bridgehead atoms. The second-order valence-electron chi connectivity index (χ2n) is 6.99. The molecule has 0 aliphatic rings. The van der Waals surface area contributed by atoms with E-state index in [9.17, 15) is 13.2 Å². The molecule has 5 rings (SSSR count). The zero-order valence-corrected chi connectivity index (χ0v) is 16.5. The van der Waals surface area contributed by atoms with Gasteiger partial charge in [-0.1, -0.05) is 17.3 Å². The number of alkyl halides is 3. The van der Waals surface area contributed by atoms with E-state index in [1.165, 1.54) is 24.5 Å². The molecule has 0 saturated carbocycles. The molecular formula is C22H14F3N5O2. The molecule has 0 unspecified atom stereocenters. The van der Waals surface area contributed by atoms with Crippen molar-refractivity contribution in [3.8, 4) is 34.6 Å². The van der Waals surface area contributed by atoms with Crippen LogP contribution in [0.4, 0.5) is 13.2 Å². The highest BCUT2D eigenvalue weighted by atomic mass is 19.4. The van der Waals surface area contributed by atoms with E-state index in [0.717, 1.165) is 23.0 Å². The molecule has 3 aromatic heterocycles. The smallest absolute Gasteiger partial charge is 0.416 e. The second kappa shape index (κ2) is 7.49. The molecule has 0 N–H and O–H groups in total. The zero-order chi connectivity index (χ0) is 22.3. The van der Waals surface area contributed by atoms with Gasteiger partial charge in [0.05, 0.1) is 23.5 Å². The summed E-state index contributed by atoms with van der Waals surface area (Å²) in [5, 5.41) is 4.85. The van der Waals surface area contributed by atoms with Gasteiger partial charge >= 0.3 is 6.18 Å². The Labute approximate surface area is 179 Å². The summed E-state index contributed by atoms with van der Waals surface area (Å²) in [5.74, 6) is 0.914. The largest absolute Gasteiger partial charge is 0.437 e. The first-order valence-electron chi connectivity index (χ1n) is 9.43. The lowest BCUT2D eigenvalue weighted by Gasteiger charge is -2.06. The Morgan fingerprint density at radius 3 is 2.66 bits per heavy atom. The molecule has 0 fully saturated rings. The van der Waals surface area contributed by atoms with Crippen molar-refractivity contribution in [1.82, 2.24) is 24.7 Å². The minimum Gasteiger partial charge on any atom is -0.437 e. The molecular weight excluding hydrogens is 423 g/mol. The van der Waals surface area contributed by atoms with Gasteiger partial charge in [0.2, 0.25) is 11.7 Å². The van der Waals surface area contributed by atoms with Crippen molar-refractivity contribution in [3.05, 3.63) is 72.7 Å². The van der Waals surface area contributed by atoms with Crippen LogP contribution < -0.4 is 4.74 Å². The fraction of sp³-hybridized carbons (Fsp3) is 0.0909. The average molecular weight is 437 g/mol. The summed E-state index contributed by atoms with van der Waals surface area (Å²) in [5.41, 5.74) is 0.663. The van der Waals surface area contributed by atoms with Gasteiger partial charge in [0.15, 0.2) is 0 Å². The van der Waals surface area contributed by atoms with Crippen molar-refractivity contribution in [1.29, 1.82) is 0 Å². The van der Waals surface area contributed by atoms with Gasteiger partial charge in [0.25, 0.3) is 5.89 Å². The van der Waals surface area contributed by atoms with Crippen LogP contribution in [0.3, 0.4) is 0 Å². The standard InChI is InChI=1S/C22H14F3N5O2/c1-30-8-7-13-5-6-16(10-18(13)30)31-19-12-26-17(11-27-19)21-28-20(29-32-21)14-3-2-4-15(9-14)22(23,24)25/h2-12H,1H3. The summed E-state index contributed by atoms with van der Waals surface area (Å²) in [6.07, 6.45) is 0.286. The number of hydrogen-bond donors (Lipinski definition) is 0. The number of aromatic nitrogens is 5. The zero-order valence-electron chi connectivity index (χ0n) is 16.5. The minimum atomic E-state index is -4.46. The summed E-state index contributed by atoms with van der Waals surface area (Å²) in [7, 11) is 1.94. The summed E-state index contributed by atoms with van der Waals surface area (Å²) in [6, 6.07) is 12.4. The number of rotatable bonds is 4. The molecule has 0 aliphatic carbocycles. The number of benzene rings is 2. The fourth-order valence-electron chi connectivity index (χ4n) is 3.19. The molecule has 3 heterocycles. The summed E-state index contributed by atoms with van der Waals surface area (Å²) < 4.78 is 51.7. The van der Waals surface area contributed by atoms with Crippen LogP contribution >= 0.6 is 0 Å². The Morgan fingerprint density at radius 2 is 1.88 bits per heavy atom. The summed E-state index contributed by atoms with van der Waals surface area (Å²) in [4.78, 5) is 12.5. The maximum Gasteiger partial charge on any atom is 0.416 e. The number of aryl methyl sites for hydroxylation is 1. The molecule has 32 heavy (non-hydrogen) atoms. The Morgan fingerprint density at radius 1 is 1.00 bits per heavy atom. The van der Waals surface area contributed by atoms with Crippen molar-refractivity contribution < 1.29 is 22.4 Å². The van der Waals surface area contributed by atoms with E-state index in [0.29, 0.717) is 5.75 Å². The molecule has 0 atom stereocenters. The molecule has 0 aliphatic heterocycles. The van der Waals surface area contributed by atoms with E-state index in [1.807, 2.05) is 42.1 Å². The fourth-order valence-corrected chi connectivity index (χ4v) is 3.19. The monoisotopic (exact) mass is 437 g/mol. The minimum absolute atomic E-state index is 0.0177. The first kappa shape index (κ1) is 19.7. The van der Waals surface area contributed by atoms with Gasteiger partial charge in [-0.15, -0.1) is 0 Å². The van der Waals surface area contributed by atoms with Crippen molar-refractivity contribution in [2.45, 2.75) is 6.18 Å². The van der Waals surface area contributed by atoms with Crippen molar-refractivity contribution in [2.24, 2.45) is 7.05 Å². The third-order valence-electron chi connectivity index (χ3n) is 4.80. The number of fused-ring (bicyclic) bond motifs is 1. The molecule has 10 heteroatoms.